The van der Waals surface area contributed by atoms with Crippen LogP contribution in [0, 0.1) is 11.7 Å². The summed E-state index contributed by atoms with van der Waals surface area (Å²) in [6.07, 6.45) is 1.21. The van der Waals surface area contributed by atoms with Crippen LogP contribution < -0.4 is 15.4 Å². The molecule has 3 aliphatic rings. The molecule has 2 atom stereocenters. The lowest BCUT2D eigenvalue weighted by Crippen LogP contribution is -2.60. The van der Waals surface area contributed by atoms with Gasteiger partial charge in [0.1, 0.15) is 30.2 Å². The van der Waals surface area contributed by atoms with Gasteiger partial charge in [-0.2, -0.15) is 0 Å². The Morgan fingerprint density at radius 1 is 1.20 bits per heavy atom. The Labute approximate surface area is 249 Å². The number of aliphatic hydroxyl groups is 4. The highest BCUT2D eigenvalue weighted by Crippen LogP contribution is 2.41. The van der Waals surface area contributed by atoms with Crippen LogP contribution in [0.3, 0.4) is 0 Å². The number of halogens is 4. The Hall–Kier alpha value is -2.70. The van der Waals surface area contributed by atoms with E-state index in [0.29, 0.717) is 29.7 Å². The van der Waals surface area contributed by atoms with Crippen molar-refractivity contribution in [3.8, 4) is 5.75 Å². The molecule has 6 N–H and O–H groups in total. The van der Waals surface area contributed by atoms with Gasteiger partial charge in [0.15, 0.2) is 17.4 Å². The molecule has 41 heavy (non-hydrogen) atoms. The number of ether oxygens (including phenoxy) is 1. The number of aromatic nitrogens is 1. The van der Waals surface area contributed by atoms with Crippen LogP contribution in [0.4, 0.5) is 10.2 Å². The summed E-state index contributed by atoms with van der Waals surface area (Å²) in [6, 6.07) is 5.84. The van der Waals surface area contributed by atoms with Crippen LogP contribution in [-0.2, 0) is 17.0 Å². The Morgan fingerprint density at radius 3 is 2.51 bits per heavy atom. The van der Waals surface area contributed by atoms with Gasteiger partial charge in [0.05, 0.1) is 41.0 Å². The minimum Gasteiger partial charge on any atom is -0.489 e. The van der Waals surface area contributed by atoms with Crippen molar-refractivity contribution in [1.82, 2.24) is 4.98 Å². The van der Waals surface area contributed by atoms with E-state index < -0.39 is 23.6 Å². The van der Waals surface area contributed by atoms with Crippen molar-refractivity contribution in [2.75, 3.05) is 24.6 Å². The monoisotopic (exact) mass is 625 g/mol. The molecule has 5 rings (SSSR count). The molecular formula is C28H27Cl3FN3O6. The van der Waals surface area contributed by atoms with E-state index >= 15 is 0 Å². The minimum absolute atomic E-state index is 0.000927. The van der Waals surface area contributed by atoms with Crippen molar-refractivity contribution in [2.45, 2.75) is 37.3 Å². The maximum absolute atomic E-state index is 14.4. The van der Waals surface area contributed by atoms with E-state index in [0.717, 1.165) is 0 Å². The number of nitrogens with zero attached hydrogens (tertiary/aromatic N) is 2. The smallest absolute Gasteiger partial charge is 0.167 e. The van der Waals surface area contributed by atoms with Crippen molar-refractivity contribution in [1.29, 1.82) is 0 Å². The van der Waals surface area contributed by atoms with Gasteiger partial charge in [-0.15, -0.1) is 0 Å². The fourth-order valence-electron chi connectivity index (χ4n) is 4.83. The number of β-amino-alcohol motifs (C(OH)–C–C–N with tert-alkyl or cyclic N) is 1. The average molecular weight is 627 g/mol. The summed E-state index contributed by atoms with van der Waals surface area (Å²) in [4.78, 5) is 18.7. The average Bonchev–Trinajstić information content (AvgIpc) is 3.76. The highest BCUT2D eigenvalue weighted by molar-refractivity contribution is 6.37. The third-order valence-electron chi connectivity index (χ3n) is 7.31. The van der Waals surface area contributed by atoms with E-state index in [4.69, 9.17) is 50.4 Å². The molecule has 0 radical (unpaired) electrons. The fraction of sp³-hybridized carbons (Fsp3) is 0.357. The number of carbonyl (C=O) groups excluding carboxylic acids is 1. The molecule has 0 bridgehead atoms. The number of rotatable bonds is 9. The summed E-state index contributed by atoms with van der Waals surface area (Å²) in [5.74, 6) is -0.700. The third kappa shape index (κ3) is 5.83. The quantitative estimate of drug-likeness (QED) is 0.265. The van der Waals surface area contributed by atoms with Gasteiger partial charge in [-0.1, -0.05) is 40.9 Å². The number of anilines is 1. The molecule has 1 saturated heterocycles. The second-order valence-corrected chi connectivity index (χ2v) is 11.6. The fourth-order valence-corrected chi connectivity index (χ4v) is 5.89. The zero-order valence-corrected chi connectivity index (χ0v) is 23.8. The highest BCUT2D eigenvalue weighted by Gasteiger charge is 2.45. The van der Waals surface area contributed by atoms with Gasteiger partial charge in [-0.05, 0) is 42.7 Å². The number of allylic oxidation sites excluding steroid dienone is 1. The van der Waals surface area contributed by atoms with Gasteiger partial charge in [-0.3, -0.25) is 4.79 Å². The molecule has 13 heteroatoms. The van der Waals surface area contributed by atoms with E-state index in [1.165, 1.54) is 24.4 Å². The molecule has 218 valence electrons. The Morgan fingerprint density at radius 2 is 1.90 bits per heavy atom. The Kier molecular flexibility index (Phi) is 8.37. The topological polar surface area (TPSA) is 149 Å². The lowest BCUT2D eigenvalue weighted by atomic mass is 9.86. The molecule has 0 spiro atoms. The van der Waals surface area contributed by atoms with E-state index in [2.05, 4.69) is 4.98 Å². The van der Waals surface area contributed by atoms with Crippen molar-refractivity contribution >= 4 is 46.4 Å². The SMILES string of the molecule is NC(=C(COc1ccc(C2(O)CN(c3ncc(CO)cc3F)C2)c(Cl)c1)C(=O)C1CC1)C1=C(Cl)C(O)C(O)C=C1Cl. The van der Waals surface area contributed by atoms with Crippen LogP contribution in [0.2, 0.25) is 5.02 Å². The predicted molar refractivity (Wildman–Crippen MR) is 151 cm³/mol. The first-order valence-corrected chi connectivity index (χ1v) is 13.9. The number of benzene rings is 1. The first-order chi connectivity index (χ1) is 19.4. The molecule has 2 fully saturated rings. The van der Waals surface area contributed by atoms with E-state index in [9.17, 15) is 24.5 Å². The van der Waals surface area contributed by atoms with Crippen molar-refractivity contribution in [3.63, 3.8) is 0 Å². The van der Waals surface area contributed by atoms with Gasteiger partial charge in [0.25, 0.3) is 0 Å². The first-order valence-electron chi connectivity index (χ1n) is 12.8. The van der Waals surface area contributed by atoms with Gasteiger partial charge >= 0.3 is 0 Å². The summed E-state index contributed by atoms with van der Waals surface area (Å²) in [7, 11) is 0. The summed E-state index contributed by atoms with van der Waals surface area (Å²) < 4.78 is 20.3. The van der Waals surface area contributed by atoms with E-state index in [1.54, 1.807) is 17.0 Å². The van der Waals surface area contributed by atoms with Crippen molar-refractivity contribution < 1.29 is 34.3 Å². The number of hydrogen-bond donors (Lipinski definition) is 5. The predicted octanol–water partition coefficient (Wildman–Crippen LogP) is 3.00. The zero-order chi connectivity index (χ0) is 29.6. The summed E-state index contributed by atoms with van der Waals surface area (Å²) >= 11 is 19.0. The van der Waals surface area contributed by atoms with Crippen molar-refractivity contribution in [2.24, 2.45) is 11.7 Å². The molecule has 2 heterocycles. The molecule has 0 amide bonds. The second kappa shape index (κ2) is 11.5. The number of carbonyl (C=O) groups is 1. The normalized spacial score (nSPS) is 22.6. The lowest BCUT2D eigenvalue weighted by molar-refractivity contribution is -0.117. The standard InChI is InChI=1S/C28H27Cl3FN3O6/c29-18-6-15(3-4-17(18)28(40)11-35(12-28)27-20(32)5-13(9-36)8-34-27)41-10-16(25(38)14-1-2-14)24(33)22-19(30)7-21(37)26(39)23(22)31/h3-8,14,21,26,36-37,39-40H,1-2,9-12,33H2. The van der Waals surface area contributed by atoms with Gasteiger partial charge in [0, 0.05) is 28.3 Å². The number of ketones is 1. The Bertz CT molecular complexity index is 1490. The largest absolute Gasteiger partial charge is 0.489 e. The highest BCUT2D eigenvalue weighted by atomic mass is 35.5. The number of pyridine rings is 1. The minimum atomic E-state index is -1.45. The van der Waals surface area contributed by atoms with Gasteiger partial charge in [-0.25, -0.2) is 9.37 Å². The molecule has 2 aromatic rings. The molecular weight excluding hydrogens is 600 g/mol. The van der Waals surface area contributed by atoms with Crippen LogP contribution >= 0.6 is 34.8 Å². The van der Waals surface area contributed by atoms with Crippen molar-refractivity contribution in [3.05, 3.63) is 85.4 Å². The van der Waals surface area contributed by atoms with Gasteiger partial charge < -0.3 is 35.8 Å². The summed E-state index contributed by atoms with van der Waals surface area (Å²) in [5, 5.41) is 40.4. The van der Waals surface area contributed by atoms with Crippen LogP contribution in [0.5, 0.6) is 5.75 Å². The van der Waals surface area contributed by atoms with Crippen LogP contribution in [0.15, 0.2) is 63.4 Å². The molecule has 1 aromatic carbocycles. The third-order valence-corrected chi connectivity index (χ3v) is 8.35. The number of Topliss-reactive ketones (excluding diaryl/α,β-unsaturated/α-hetero) is 1. The lowest BCUT2D eigenvalue weighted by Gasteiger charge is -2.47. The van der Waals surface area contributed by atoms with Gasteiger partial charge in [0.2, 0.25) is 0 Å². The Balaban J connectivity index is 1.33. The van der Waals surface area contributed by atoms with E-state index in [1.807, 2.05) is 0 Å². The number of aliphatic hydroxyl groups excluding tert-OH is 3. The maximum atomic E-state index is 14.4. The molecule has 9 nitrogen and oxygen atoms in total. The molecule has 2 unspecified atom stereocenters. The second-order valence-electron chi connectivity index (χ2n) is 10.3. The molecule has 1 aliphatic heterocycles. The summed E-state index contributed by atoms with van der Waals surface area (Å²) in [5.41, 5.74) is 5.84. The molecule has 1 aromatic heterocycles. The van der Waals surface area contributed by atoms with E-state index in [-0.39, 0.29) is 75.8 Å². The van der Waals surface area contributed by atoms with Crippen LogP contribution in [0.1, 0.15) is 24.0 Å². The van der Waals surface area contributed by atoms with Crippen LogP contribution in [0.25, 0.3) is 0 Å². The molecule has 1 saturated carbocycles. The maximum Gasteiger partial charge on any atom is 0.167 e. The molecule has 2 aliphatic carbocycles. The first kappa shape index (κ1) is 29.8. The summed E-state index contributed by atoms with van der Waals surface area (Å²) in [6.45, 7) is -0.501. The number of nitrogens with two attached hydrogens (primary N) is 1. The van der Waals surface area contributed by atoms with Crippen LogP contribution in [-0.4, -0.2) is 63.1 Å². The number of hydrogen-bond acceptors (Lipinski definition) is 9. The zero-order valence-electron chi connectivity index (χ0n) is 21.5.